The fraction of sp³-hybridized carbons (Fsp3) is 0.692. The fourth-order valence-electron chi connectivity index (χ4n) is 1.47. The van der Waals surface area contributed by atoms with Gasteiger partial charge in [-0.3, -0.25) is 0 Å². The number of nitrogens with one attached hydrogen (secondary N) is 1. The van der Waals surface area contributed by atoms with E-state index in [1.807, 2.05) is 0 Å². The van der Waals surface area contributed by atoms with Crippen molar-refractivity contribution >= 4 is 0 Å². The van der Waals surface area contributed by atoms with Crippen molar-refractivity contribution in [3.63, 3.8) is 0 Å². The normalized spacial score (nSPS) is 13.4. The van der Waals surface area contributed by atoms with Gasteiger partial charge in [0.05, 0.1) is 0 Å². The van der Waals surface area contributed by atoms with Gasteiger partial charge in [0.1, 0.15) is 0 Å². The van der Waals surface area contributed by atoms with Crippen molar-refractivity contribution < 1.29 is 0 Å². The first-order valence-electron chi connectivity index (χ1n) is 5.98. The van der Waals surface area contributed by atoms with Crippen molar-refractivity contribution in [3.05, 3.63) is 24.0 Å². The largest absolute Gasteiger partial charge is 0.354 e. The van der Waals surface area contributed by atoms with E-state index in [2.05, 4.69) is 56.0 Å². The maximum absolute atomic E-state index is 3.51. The van der Waals surface area contributed by atoms with E-state index in [-0.39, 0.29) is 0 Å². The van der Waals surface area contributed by atoms with Crippen molar-refractivity contribution in [2.45, 2.75) is 40.8 Å². The molecule has 1 heterocycles. The van der Waals surface area contributed by atoms with Gasteiger partial charge >= 0.3 is 0 Å². The molecule has 0 aromatic carbocycles. The molecule has 15 heavy (non-hydrogen) atoms. The van der Waals surface area contributed by atoms with Crippen LogP contribution in [0.25, 0.3) is 0 Å². The maximum Gasteiger partial charge on any atom is 0.0220 e. The van der Waals surface area contributed by atoms with Crippen LogP contribution in [0.4, 0.5) is 0 Å². The average molecular weight is 208 g/mol. The number of rotatable bonds is 6. The van der Waals surface area contributed by atoms with Gasteiger partial charge in [0.15, 0.2) is 0 Å². The number of hydrogen-bond donors (Lipinski definition) is 1. The molecule has 0 aliphatic heterocycles. The summed E-state index contributed by atoms with van der Waals surface area (Å²) in [7, 11) is 0. The average Bonchev–Trinajstić information content (AvgIpc) is 2.65. The Bertz CT molecular complexity index is 276. The second-order valence-corrected chi connectivity index (χ2v) is 4.70. The molecular weight excluding hydrogens is 184 g/mol. The molecule has 0 radical (unpaired) electrons. The van der Waals surface area contributed by atoms with Crippen LogP contribution in [0, 0.1) is 11.8 Å². The molecule has 2 heteroatoms. The molecule has 0 aliphatic carbocycles. The van der Waals surface area contributed by atoms with Gasteiger partial charge in [-0.15, -0.1) is 0 Å². The number of aryl methyl sites for hydroxylation is 1. The predicted octanol–water partition coefficient (Wildman–Crippen LogP) is 2.89. The molecule has 1 aromatic heterocycles. The van der Waals surface area contributed by atoms with Crippen LogP contribution in [0.1, 0.15) is 33.3 Å². The monoisotopic (exact) mass is 208 g/mol. The van der Waals surface area contributed by atoms with E-state index in [9.17, 15) is 0 Å². The van der Waals surface area contributed by atoms with Crippen LogP contribution < -0.4 is 5.32 Å². The highest BCUT2D eigenvalue weighted by Crippen LogP contribution is 2.08. The third kappa shape index (κ3) is 4.08. The first-order valence-corrected chi connectivity index (χ1v) is 5.98. The molecule has 1 aromatic rings. The van der Waals surface area contributed by atoms with Gasteiger partial charge in [-0.25, -0.2) is 0 Å². The van der Waals surface area contributed by atoms with Crippen LogP contribution >= 0.6 is 0 Å². The van der Waals surface area contributed by atoms with E-state index in [4.69, 9.17) is 0 Å². The van der Waals surface area contributed by atoms with Gasteiger partial charge in [0.2, 0.25) is 0 Å². The zero-order valence-corrected chi connectivity index (χ0v) is 10.5. The first kappa shape index (κ1) is 12.3. The van der Waals surface area contributed by atoms with Crippen molar-refractivity contribution in [3.8, 4) is 0 Å². The van der Waals surface area contributed by atoms with Crippen LogP contribution in [0.15, 0.2) is 18.5 Å². The van der Waals surface area contributed by atoms with Crippen LogP contribution in [0.5, 0.6) is 0 Å². The summed E-state index contributed by atoms with van der Waals surface area (Å²) < 4.78 is 2.21. The molecule has 0 fully saturated rings. The third-order valence-electron chi connectivity index (χ3n) is 3.11. The molecule has 86 valence electrons. The predicted molar refractivity (Wildman–Crippen MR) is 65.8 cm³/mol. The summed E-state index contributed by atoms with van der Waals surface area (Å²) >= 11 is 0. The lowest BCUT2D eigenvalue weighted by atomic mass is 9.98. The van der Waals surface area contributed by atoms with E-state index in [0.717, 1.165) is 31.5 Å². The van der Waals surface area contributed by atoms with Crippen molar-refractivity contribution in [1.29, 1.82) is 0 Å². The number of hydrogen-bond acceptors (Lipinski definition) is 1. The zero-order valence-electron chi connectivity index (χ0n) is 10.5. The molecule has 0 amide bonds. The molecule has 0 saturated heterocycles. The molecule has 1 unspecified atom stereocenters. The number of nitrogens with zero attached hydrogens (tertiary/aromatic N) is 1. The highest BCUT2D eigenvalue weighted by molar-refractivity contribution is 5.09. The van der Waals surface area contributed by atoms with E-state index < -0.39 is 0 Å². The summed E-state index contributed by atoms with van der Waals surface area (Å²) in [6.45, 7) is 12.2. The van der Waals surface area contributed by atoms with Crippen molar-refractivity contribution in [2.24, 2.45) is 11.8 Å². The lowest BCUT2D eigenvalue weighted by Crippen LogP contribution is -2.23. The summed E-state index contributed by atoms with van der Waals surface area (Å²) in [5, 5.41) is 3.51. The van der Waals surface area contributed by atoms with Gasteiger partial charge in [0, 0.05) is 25.5 Å². The molecule has 2 nitrogen and oxygen atoms in total. The van der Waals surface area contributed by atoms with Gasteiger partial charge in [0.25, 0.3) is 0 Å². The lowest BCUT2D eigenvalue weighted by Gasteiger charge is -2.15. The second-order valence-electron chi connectivity index (χ2n) is 4.70. The van der Waals surface area contributed by atoms with Crippen LogP contribution in [-0.2, 0) is 13.1 Å². The van der Waals surface area contributed by atoms with Crippen LogP contribution in [0.2, 0.25) is 0 Å². The number of aromatic nitrogens is 1. The molecule has 1 N–H and O–H groups in total. The molecule has 0 bridgehead atoms. The van der Waals surface area contributed by atoms with E-state index in [1.54, 1.807) is 0 Å². The minimum absolute atomic E-state index is 0.748. The molecule has 1 rings (SSSR count). The molecule has 0 saturated carbocycles. The third-order valence-corrected chi connectivity index (χ3v) is 3.11. The van der Waals surface area contributed by atoms with Gasteiger partial charge in [-0.2, -0.15) is 0 Å². The quantitative estimate of drug-likeness (QED) is 0.760. The van der Waals surface area contributed by atoms with Gasteiger partial charge in [-0.05, 0) is 36.9 Å². The van der Waals surface area contributed by atoms with Crippen LogP contribution in [-0.4, -0.2) is 11.1 Å². The Labute approximate surface area is 93.7 Å². The van der Waals surface area contributed by atoms with Gasteiger partial charge < -0.3 is 9.88 Å². The maximum atomic E-state index is 3.51. The first-order chi connectivity index (χ1) is 7.13. The molecule has 1 atom stereocenters. The Morgan fingerprint density at radius 1 is 1.33 bits per heavy atom. The Balaban J connectivity index is 2.25. The fourth-order valence-corrected chi connectivity index (χ4v) is 1.47. The molecule has 0 aliphatic rings. The minimum atomic E-state index is 0.748. The Kier molecular flexibility index (Phi) is 4.89. The second kappa shape index (κ2) is 5.96. The Morgan fingerprint density at radius 3 is 2.60 bits per heavy atom. The van der Waals surface area contributed by atoms with E-state index >= 15 is 0 Å². The molecule has 0 spiro atoms. The Morgan fingerprint density at radius 2 is 2.07 bits per heavy atom. The van der Waals surface area contributed by atoms with Crippen molar-refractivity contribution in [2.75, 3.05) is 6.54 Å². The molecular formula is C13H24N2. The van der Waals surface area contributed by atoms with E-state index in [0.29, 0.717) is 0 Å². The van der Waals surface area contributed by atoms with Gasteiger partial charge in [-0.1, -0.05) is 20.8 Å². The SMILES string of the molecule is CCn1ccc(CNCC(C)C(C)C)c1. The standard InChI is InChI=1S/C13H24N2/c1-5-15-7-6-13(10-15)9-14-8-12(4)11(2)3/h6-7,10-12,14H,5,8-9H2,1-4H3. The summed E-state index contributed by atoms with van der Waals surface area (Å²) in [6, 6.07) is 2.19. The van der Waals surface area contributed by atoms with Crippen molar-refractivity contribution in [1.82, 2.24) is 9.88 Å². The van der Waals surface area contributed by atoms with E-state index in [1.165, 1.54) is 5.56 Å². The summed E-state index contributed by atoms with van der Waals surface area (Å²) in [4.78, 5) is 0. The Hall–Kier alpha value is -0.760. The lowest BCUT2D eigenvalue weighted by molar-refractivity contribution is 0.392. The smallest absolute Gasteiger partial charge is 0.0220 e. The zero-order chi connectivity index (χ0) is 11.3. The van der Waals surface area contributed by atoms with Crippen LogP contribution in [0.3, 0.4) is 0 Å². The highest BCUT2D eigenvalue weighted by Gasteiger charge is 2.05. The topological polar surface area (TPSA) is 17.0 Å². The minimum Gasteiger partial charge on any atom is -0.354 e. The summed E-state index contributed by atoms with van der Waals surface area (Å²) in [6.07, 6.45) is 4.36. The summed E-state index contributed by atoms with van der Waals surface area (Å²) in [5.74, 6) is 1.51. The summed E-state index contributed by atoms with van der Waals surface area (Å²) in [5.41, 5.74) is 1.38. The highest BCUT2D eigenvalue weighted by atomic mass is 14.9.